The Morgan fingerprint density at radius 3 is 2.57 bits per heavy atom. The summed E-state index contributed by atoms with van der Waals surface area (Å²) in [6.07, 6.45) is 6.47. The minimum atomic E-state index is -0.230. The lowest BCUT2D eigenvalue weighted by atomic mass is 9.95. The van der Waals surface area contributed by atoms with Crippen LogP contribution in [0.4, 0.5) is 4.39 Å². The maximum absolute atomic E-state index is 13.9. The molecule has 1 saturated carbocycles. The van der Waals surface area contributed by atoms with Gasteiger partial charge >= 0.3 is 0 Å². The summed E-state index contributed by atoms with van der Waals surface area (Å²) >= 11 is 6.11. The van der Waals surface area contributed by atoms with Gasteiger partial charge in [-0.3, -0.25) is 4.79 Å². The minimum Gasteiger partial charge on any atom is -0.353 e. The fourth-order valence-electron chi connectivity index (χ4n) is 3.81. The van der Waals surface area contributed by atoms with Gasteiger partial charge in [-0.2, -0.15) is 0 Å². The Morgan fingerprint density at radius 2 is 1.91 bits per heavy atom. The van der Waals surface area contributed by atoms with Crippen molar-refractivity contribution in [2.45, 2.75) is 51.1 Å². The summed E-state index contributed by atoms with van der Waals surface area (Å²) in [5, 5.41) is 3.70. The molecule has 2 aliphatic rings. The molecule has 1 heterocycles. The number of rotatable bonds is 4. The highest BCUT2D eigenvalue weighted by molar-refractivity contribution is 6.31. The van der Waals surface area contributed by atoms with Gasteiger partial charge in [-0.25, -0.2) is 4.39 Å². The topological polar surface area (TPSA) is 33.5 Å². The van der Waals surface area contributed by atoms with Gasteiger partial charge in [0, 0.05) is 24.8 Å². The molecule has 126 valence electrons. The normalized spacial score (nSPS) is 25.5. The van der Waals surface area contributed by atoms with Gasteiger partial charge in [0.2, 0.25) is 5.91 Å². The lowest BCUT2D eigenvalue weighted by Crippen LogP contribution is -3.12. The molecular formula is C18H25ClFN2O+. The number of hydrogen-bond acceptors (Lipinski definition) is 1. The molecule has 23 heavy (non-hydrogen) atoms. The Balaban J connectivity index is 1.49. The van der Waals surface area contributed by atoms with Gasteiger partial charge in [-0.05, 0) is 25.0 Å². The van der Waals surface area contributed by atoms with Crippen LogP contribution < -0.4 is 10.2 Å². The molecular weight excluding hydrogens is 315 g/mol. The molecule has 2 N–H and O–H groups in total. The summed E-state index contributed by atoms with van der Waals surface area (Å²) < 4.78 is 13.9. The maximum Gasteiger partial charge on any atom is 0.223 e. The Kier molecular flexibility index (Phi) is 5.54. The van der Waals surface area contributed by atoms with Gasteiger partial charge in [-0.1, -0.05) is 30.5 Å². The van der Waals surface area contributed by atoms with Crippen molar-refractivity contribution in [1.29, 1.82) is 0 Å². The fraction of sp³-hybridized carbons (Fsp3) is 0.611. The van der Waals surface area contributed by atoms with Crippen LogP contribution in [0.3, 0.4) is 0 Å². The zero-order chi connectivity index (χ0) is 16.2. The van der Waals surface area contributed by atoms with E-state index in [0.29, 0.717) is 23.2 Å². The number of quaternary nitrogens is 1. The van der Waals surface area contributed by atoms with E-state index < -0.39 is 0 Å². The highest BCUT2D eigenvalue weighted by atomic mass is 35.5. The summed E-state index contributed by atoms with van der Waals surface area (Å²) in [4.78, 5) is 13.6. The minimum absolute atomic E-state index is 0.121. The van der Waals surface area contributed by atoms with Crippen molar-refractivity contribution in [3.05, 3.63) is 34.6 Å². The number of hydrogen-bond donors (Lipinski definition) is 2. The van der Waals surface area contributed by atoms with Crippen LogP contribution in [0.5, 0.6) is 0 Å². The predicted octanol–water partition coefficient (Wildman–Crippen LogP) is 2.33. The van der Waals surface area contributed by atoms with Gasteiger partial charge in [0.05, 0.1) is 23.7 Å². The number of amides is 1. The molecule has 1 aliphatic carbocycles. The second kappa shape index (κ2) is 7.63. The Morgan fingerprint density at radius 1 is 1.22 bits per heavy atom. The molecule has 1 aromatic carbocycles. The van der Waals surface area contributed by atoms with Crippen molar-refractivity contribution < 1.29 is 14.1 Å². The van der Waals surface area contributed by atoms with Crippen molar-refractivity contribution >= 4 is 17.5 Å². The van der Waals surface area contributed by atoms with Gasteiger partial charge in [-0.15, -0.1) is 0 Å². The van der Waals surface area contributed by atoms with E-state index in [2.05, 4.69) is 5.32 Å². The second-order valence-electron chi connectivity index (χ2n) is 6.89. The van der Waals surface area contributed by atoms with Crippen LogP contribution in [0.15, 0.2) is 18.2 Å². The molecule has 0 atom stereocenters. The molecule has 1 aliphatic heterocycles. The van der Waals surface area contributed by atoms with Crippen molar-refractivity contribution in [1.82, 2.24) is 5.32 Å². The molecule has 0 radical (unpaired) electrons. The van der Waals surface area contributed by atoms with Crippen LogP contribution in [0.25, 0.3) is 0 Å². The van der Waals surface area contributed by atoms with E-state index in [1.54, 1.807) is 12.1 Å². The zero-order valence-electron chi connectivity index (χ0n) is 13.4. The van der Waals surface area contributed by atoms with Crippen LogP contribution in [-0.2, 0) is 11.3 Å². The van der Waals surface area contributed by atoms with Gasteiger partial charge in [0.25, 0.3) is 0 Å². The SMILES string of the molecule is O=C(NC1CCCC1)C1CC[NH+](Cc2c(F)cccc2Cl)CC1. The standard InChI is InChI=1S/C18H24ClFN2O/c19-16-6-3-7-17(20)15(16)12-22-10-8-13(9-11-22)18(23)21-14-4-1-2-5-14/h3,6-7,13-14H,1-2,4-5,8-12H2,(H,21,23)/p+1. The third-order valence-electron chi connectivity index (χ3n) is 5.25. The summed E-state index contributed by atoms with van der Waals surface area (Å²) in [5.74, 6) is 0.112. The monoisotopic (exact) mass is 339 g/mol. The van der Waals surface area contributed by atoms with Crippen molar-refractivity contribution in [2.24, 2.45) is 5.92 Å². The van der Waals surface area contributed by atoms with E-state index in [-0.39, 0.29) is 17.6 Å². The largest absolute Gasteiger partial charge is 0.353 e. The summed E-state index contributed by atoms with van der Waals surface area (Å²) in [5.41, 5.74) is 0.595. The molecule has 5 heteroatoms. The van der Waals surface area contributed by atoms with Gasteiger partial charge in [0.1, 0.15) is 12.4 Å². The van der Waals surface area contributed by atoms with E-state index >= 15 is 0 Å². The smallest absolute Gasteiger partial charge is 0.223 e. The molecule has 0 unspecified atom stereocenters. The second-order valence-corrected chi connectivity index (χ2v) is 7.30. The third kappa shape index (κ3) is 4.24. The maximum atomic E-state index is 13.9. The number of carbonyl (C=O) groups is 1. The Bertz CT molecular complexity index is 532. The van der Waals surface area contributed by atoms with Crippen LogP contribution in [0, 0.1) is 11.7 Å². The summed E-state index contributed by atoms with van der Waals surface area (Å²) in [6, 6.07) is 5.23. The van der Waals surface area contributed by atoms with Crippen LogP contribution >= 0.6 is 11.6 Å². The number of nitrogens with one attached hydrogen (secondary N) is 2. The number of likely N-dealkylation sites (tertiary alicyclic amines) is 1. The van der Waals surface area contributed by atoms with Gasteiger partial charge in [0.15, 0.2) is 0 Å². The molecule has 3 rings (SSSR count). The van der Waals surface area contributed by atoms with Crippen molar-refractivity contribution in [3.8, 4) is 0 Å². The average Bonchev–Trinajstić information content (AvgIpc) is 3.04. The highest BCUT2D eigenvalue weighted by Gasteiger charge is 2.30. The molecule has 2 fully saturated rings. The Hall–Kier alpha value is -1.13. The van der Waals surface area contributed by atoms with Crippen LogP contribution in [0.1, 0.15) is 44.1 Å². The van der Waals surface area contributed by atoms with E-state index in [1.165, 1.54) is 23.8 Å². The Labute approximate surface area is 142 Å². The average molecular weight is 340 g/mol. The molecule has 0 bridgehead atoms. The summed E-state index contributed by atoms with van der Waals surface area (Å²) in [7, 11) is 0. The molecule has 0 spiro atoms. The number of halogens is 2. The third-order valence-corrected chi connectivity index (χ3v) is 5.61. The first kappa shape index (κ1) is 16.7. The van der Waals surface area contributed by atoms with Crippen molar-refractivity contribution in [2.75, 3.05) is 13.1 Å². The molecule has 1 saturated heterocycles. The lowest BCUT2D eigenvalue weighted by Gasteiger charge is -2.29. The predicted molar refractivity (Wildman–Crippen MR) is 88.9 cm³/mol. The van der Waals surface area contributed by atoms with E-state index in [9.17, 15) is 9.18 Å². The lowest BCUT2D eigenvalue weighted by molar-refractivity contribution is -0.919. The zero-order valence-corrected chi connectivity index (χ0v) is 14.2. The molecule has 0 aromatic heterocycles. The van der Waals surface area contributed by atoms with Crippen molar-refractivity contribution in [3.63, 3.8) is 0 Å². The molecule has 1 amide bonds. The number of carbonyl (C=O) groups excluding carboxylic acids is 1. The van der Waals surface area contributed by atoms with E-state index in [4.69, 9.17) is 11.6 Å². The van der Waals surface area contributed by atoms with E-state index in [1.807, 2.05) is 0 Å². The first-order chi connectivity index (χ1) is 11.1. The molecule has 3 nitrogen and oxygen atoms in total. The number of piperidine rings is 1. The van der Waals surface area contributed by atoms with Crippen LogP contribution in [0.2, 0.25) is 5.02 Å². The first-order valence-electron chi connectivity index (χ1n) is 8.70. The molecule has 1 aromatic rings. The summed E-state index contributed by atoms with van der Waals surface area (Å²) in [6.45, 7) is 2.39. The van der Waals surface area contributed by atoms with E-state index in [0.717, 1.165) is 38.8 Å². The quantitative estimate of drug-likeness (QED) is 0.867. The van der Waals surface area contributed by atoms with Crippen LogP contribution in [-0.4, -0.2) is 25.0 Å². The van der Waals surface area contributed by atoms with Gasteiger partial charge < -0.3 is 10.2 Å². The highest BCUT2D eigenvalue weighted by Crippen LogP contribution is 2.20. The fourth-order valence-corrected chi connectivity index (χ4v) is 4.04. The first-order valence-corrected chi connectivity index (χ1v) is 9.08. The number of benzene rings is 1.